The number of nitrogens with zero attached hydrogens (tertiary/aromatic N) is 2. The molecule has 1 unspecified atom stereocenters. The summed E-state index contributed by atoms with van der Waals surface area (Å²) in [6.07, 6.45) is 0.834. The third kappa shape index (κ3) is 2.72. The van der Waals surface area contributed by atoms with Crippen LogP contribution in [0.2, 0.25) is 5.02 Å². The van der Waals surface area contributed by atoms with Crippen molar-refractivity contribution in [1.29, 1.82) is 0 Å². The summed E-state index contributed by atoms with van der Waals surface area (Å²) >= 11 is 6.11. The first kappa shape index (κ1) is 15.0. The largest absolute Gasteiger partial charge is 0.330 e. The van der Waals surface area contributed by atoms with Gasteiger partial charge in [-0.15, -0.1) is 0 Å². The Balaban J connectivity index is 2.52. The molecule has 0 bridgehead atoms. The molecule has 5 heteroatoms. The van der Waals surface area contributed by atoms with Gasteiger partial charge in [0.05, 0.1) is 10.7 Å². The Bertz CT molecular complexity index is 602. The zero-order valence-corrected chi connectivity index (χ0v) is 12.7. The number of aryl methyl sites for hydroxylation is 1. The monoisotopic (exact) mass is 295 g/mol. The van der Waals surface area contributed by atoms with Crippen LogP contribution in [-0.2, 0) is 6.42 Å². The first-order valence-electron chi connectivity index (χ1n) is 6.65. The number of halogens is 2. The van der Waals surface area contributed by atoms with Crippen molar-refractivity contribution in [3.8, 4) is 5.69 Å². The van der Waals surface area contributed by atoms with Gasteiger partial charge < -0.3 is 5.73 Å². The summed E-state index contributed by atoms with van der Waals surface area (Å²) in [4.78, 5) is 0. The standard InChI is InChI=1S/C15H19ClFN3/c1-9(8-18)7-12-10(2)19-20(11(12)3)15-13(16)5-4-6-14(15)17/h4-6,9H,7-8,18H2,1-3H3. The average Bonchev–Trinajstić information content (AvgIpc) is 2.66. The number of benzene rings is 1. The van der Waals surface area contributed by atoms with Crippen LogP contribution in [0.5, 0.6) is 0 Å². The van der Waals surface area contributed by atoms with E-state index >= 15 is 0 Å². The number of rotatable bonds is 4. The van der Waals surface area contributed by atoms with Gasteiger partial charge in [-0.05, 0) is 50.4 Å². The normalized spacial score (nSPS) is 12.7. The van der Waals surface area contributed by atoms with Crippen LogP contribution in [0, 0.1) is 25.6 Å². The second-order valence-corrected chi connectivity index (χ2v) is 5.58. The highest BCUT2D eigenvalue weighted by atomic mass is 35.5. The lowest BCUT2D eigenvalue weighted by Crippen LogP contribution is -2.14. The Morgan fingerprint density at radius 1 is 1.40 bits per heavy atom. The van der Waals surface area contributed by atoms with Crippen LogP contribution in [0.4, 0.5) is 4.39 Å². The molecule has 3 nitrogen and oxygen atoms in total. The minimum Gasteiger partial charge on any atom is -0.330 e. The number of aromatic nitrogens is 2. The highest BCUT2D eigenvalue weighted by Gasteiger charge is 2.18. The van der Waals surface area contributed by atoms with Gasteiger partial charge in [0.1, 0.15) is 11.5 Å². The van der Waals surface area contributed by atoms with Crippen molar-refractivity contribution in [1.82, 2.24) is 9.78 Å². The van der Waals surface area contributed by atoms with Crippen molar-refractivity contribution in [2.24, 2.45) is 11.7 Å². The van der Waals surface area contributed by atoms with Gasteiger partial charge in [0.2, 0.25) is 0 Å². The summed E-state index contributed by atoms with van der Waals surface area (Å²) in [6, 6.07) is 4.64. The summed E-state index contributed by atoms with van der Waals surface area (Å²) in [6.45, 7) is 6.56. The molecule has 0 aliphatic carbocycles. The highest BCUT2D eigenvalue weighted by molar-refractivity contribution is 6.32. The molecular weight excluding hydrogens is 277 g/mol. The van der Waals surface area contributed by atoms with Crippen molar-refractivity contribution < 1.29 is 4.39 Å². The fourth-order valence-corrected chi connectivity index (χ4v) is 2.55. The predicted octanol–water partition coefficient (Wildman–Crippen LogP) is 3.42. The molecule has 0 aliphatic rings. The smallest absolute Gasteiger partial charge is 0.150 e. The number of nitrogens with two attached hydrogens (primary N) is 1. The van der Waals surface area contributed by atoms with E-state index in [1.165, 1.54) is 6.07 Å². The Morgan fingerprint density at radius 2 is 2.10 bits per heavy atom. The minimum absolute atomic E-state index is 0.307. The van der Waals surface area contributed by atoms with Gasteiger partial charge in [-0.25, -0.2) is 9.07 Å². The van der Waals surface area contributed by atoms with Crippen molar-refractivity contribution in [2.75, 3.05) is 6.54 Å². The molecular formula is C15H19ClFN3. The van der Waals surface area contributed by atoms with Crippen LogP contribution >= 0.6 is 11.6 Å². The maximum Gasteiger partial charge on any atom is 0.150 e. The second-order valence-electron chi connectivity index (χ2n) is 5.18. The van der Waals surface area contributed by atoms with Gasteiger partial charge in [0, 0.05) is 5.69 Å². The molecule has 0 saturated carbocycles. The Morgan fingerprint density at radius 3 is 2.70 bits per heavy atom. The van der Waals surface area contributed by atoms with Crippen molar-refractivity contribution in [2.45, 2.75) is 27.2 Å². The van der Waals surface area contributed by atoms with Gasteiger partial charge in [-0.3, -0.25) is 0 Å². The Labute approximate surface area is 123 Å². The molecule has 0 saturated heterocycles. The van der Waals surface area contributed by atoms with Crippen LogP contribution in [0.15, 0.2) is 18.2 Å². The maximum atomic E-state index is 14.0. The summed E-state index contributed by atoms with van der Waals surface area (Å²) in [7, 11) is 0. The van der Waals surface area contributed by atoms with Crippen LogP contribution in [0.3, 0.4) is 0 Å². The molecule has 0 aliphatic heterocycles. The van der Waals surface area contributed by atoms with Gasteiger partial charge in [0.25, 0.3) is 0 Å². The third-order valence-electron chi connectivity index (χ3n) is 3.55. The van der Waals surface area contributed by atoms with Gasteiger partial charge >= 0.3 is 0 Å². The Kier molecular flexibility index (Phi) is 4.45. The van der Waals surface area contributed by atoms with Crippen LogP contribution in [0.25, 0.3) is 5.69 Å². The van der Waals surface area contributed by atoms with Gasteiger partial charge in [-0.2, -0.15) is 5.10 Å². The van der Waals surface area contributed by atoms with Crippen LogP contribution < -0.4 is 5.73 Å². The van der Waals surface area contributed by atoms with E-state index in [-0.39, 0.29) is 5.82 Å². The zero-order chi connectivity index (χ0) is 14.9. The molecule has 1 atom stereocenters. The Hall–Kier alpha value is -1.39. The van der Waals surface area contributed by atoms with Gasteiger partial charge in [0.15, 0.2) is 0 Å². The average molecular weight is 296 g/mol. The lowest BCUT2D eigenvalue weighted by atomic mass is 10.00. The van der Waals surface area contributed by atoms with Crippen molar-refractivity contribution >= 4 is 11.6 Å². The molecule has 2 aromatic rings. The molecule has 108 valence electrons. The summed E-state index contributed by atoms with van der Waals surface area (Å²) in [5, 5.41) is 4.80. The van der Waals surface area contributed by atoms with Crippen LogP contribution in [0.1, 0.15) is 23.9 Å². The summed E-state index contributed by atoms with van der Waals surface area (Å²) in [5.41, 5.74) is 8.90. The molecule has 0 fully saturated rings. The lowest BCUT2D eigenvalue weighted by Gasteiger charge is -2.10. The van der Waals surface area contributed by atoms with Crippen molar-refractivity contribution in [3.63, 3.8) is 0 Å². The van der Waals surface area contributed by atoms with E-state index in [0.29, 0.717) is 23.2 Å². The second kappa shape index (κ2) is 5.94. The summed E-state index contributed by atoms with van der Waals surface area (Å²) in [5.74, 6) is -0.0114. The molecule has 0 radical (unpaired) electrons. The molecule has 20 heavy (non-hydrogen) atoms. The van der Waals surface area contributed by atoms with E-state index in [4.69, 9.17) is 17.3 Å². The number of hydrogen-bond acceptors (Lipinski definition) is 2. The number of para-hydroxylation sites is 1. The molecule has 1 aromatic heterocycles. The first-order valence-corrected chi connectivity index (χ1v) is 7.03. The van der Waals surface area contributed by atoms with E-state index < -0.39 is 0 Å². The van der Waals surface area contributed by atoms with Crippen molar-refractivity contribution in [3.05, 3.63) is 46.0 Å². The zero-order valence-electron chi connectivity index (χ0n) is 12.0. The fourth-order valence-electron chi connectivity index (χ4n) is 2.31. The quantitative estimate of drug-likeness (QED) is 0.939. The molecule has 1 aromatic carbocycles. The predicted molar refractivity (Wildman–Crippen MR) is 79.9 cm³/mol. The van der Waals surface area contributed by atoms with E-state index in [9.17, 15) is 4.39 Å². The summed E-state index contributed by atoms with van der Waals surface area (Å²) < 4.78 is 15.6. The molecule has 0 amide bonds. The van der Waals surface area contributed by atoms with E-state index in [1.807, 2.05) is 13.8 Å². The highest BCUT2D eigenvalue weighted by Crippen LogP contribution is 2.27. The topological polar surface area (TPSA) is 43.8 Å². The van der Waals surface area contributed by atoms with Crippen LogP contribution in [-0.4, -0.2) is 16.3 Å². The molecule has 2 N–H and O–H groups in total. The fraction of sp³-hybridized carbons (Fsp3) is 0.400. The molecule has 0 spiro atoms. The molecule has 1 heterocycles. The third-order valence-corrected chi connectivity index (χ3v) is 3.85. The SMILES string of the molecule is Cc1nn(-c2c(F)cccc2Cl)c(C)c1CC(C)CN. The van der Waals surface area contributed by atoms with E-state index in [2.05, 4.69) is 12.0 Å². The lowest BCUT2D eigenvalue weighted by molar-refractivity contribution is 0.588. The minimum atomic E-state index is -0.374. The molecule has 2 rings (SSSR count). The maximum absolute atomic E-state index is 14.0. The number of hydrogen-bond donors (Lipinski definition) is 1. The van der Waals surface area contributed by atoms with E-state index in [0.717, 1.165) is 23.4 Å². The van der Waals surface area contributed by atoms with Gasteiger partial charge in [-0.1, -0.05) is 24.6 Å². The first-order chi connectivity index (χ1) is 9.45. The van der Waals surface area contributed by atoms with E-state index in [1.54, 1.807) is 16.8 Å².